The Balaban J connectivity index is 2.43. The van der Waals surface area contributed by atoms with Crippen molar-refractivity contribution in [1.29, 1.82) is 0 Å². The van der Waals surface area contributed by atoms with Crippen molar-refractivity contribution in [2.75, 3.05) is 19.5 Å². The molecule has 100 valence electrons. The second-order valence-corrected chi connectivity index (χ2v) is 3.87. The van der Waals surface area contributed by atoms with Crippen molar-refractivity contribution in [3.05, 3.63) is 34.6 Å². The van der Waals surface area contributed by atoms with Gasteiger partial charge in [0, 0.05) is 37.0 Å². The van der Waals surface area contributed by atoms with E-state index in [9.17, 15) is 10.1 Å². The lowest BCUT2D eigenvalue weighted by molar-refractivity contribution is -0.384. The molecule has 2 rings (SSSR count). The molecule has 0 unspecified atom stereocenters. The van der Waals surface area contributed by atoms with Gasteiger partial charge in [-0.05, 0) is 6.07 Å². The van der Waals surface area contributed by atoms with Crippen LogP contribution in [0.1, 0.15) is 0 Å². The number of nitrogen functional groups attached to an aromatic ring is 1. The number of rotatable bonds is 5. The van der Waals surface area contributed by atoms with Crippen molar-refractivity contribution in [2.24, 2.45) is 0 Å². The second-order valence-electron chi connectivity index (χ2n) is 3.87. The number of anilines is 1. The summed E-state index contributed by atoms with van der Waals surface area (Å²) >= 11 is 0. The van der Waals surface area contributed by atoms with Gasteiger partial charge in [0.2, 0.25) is 0 Å². The number of nitro groups is 1. The van der Waals surface area contributed by atoms with Crippen LogP contribution in [0.25, 0.3) is 11.4 Å². The molecule has 19 heavy (non-hydrogen) atoms. The summed E-state index contributed by atoms with van der Waals surface area (Å²) in [6.07, 6.45) is 1.53. The zero-order valence-corrected chi connectivity index (χ0v) is 10.3. The van der Waals surface area contributed by atoms with Crippen molar-refractivity contribution < 1.29 is 9.66 Å². The minimum atomic E-state index is -0.473. The van der Waals surface area contributed by atoms with Gasteiger partial charge in [-0.15, -0.1) is 10.2 Å². The first-order valence-corrected chi connectivity index (χ1v) is 5.54. The fourth-order valence-corrected chi connectivity index (χ4v) is 1.67. The first-order chi connectivity index (χ1) is 9.13. The molecule has 8 heteroatoms. The molecule has 0 atom stereocenters. The third kappa shape index (κ3) is 2.68. The van der Waals surface area contributed by atoms with Gasteiger partial charge in [0.05, 0.1) is 11.5 Å². The van der Waals surface area contributed by atoms with Crippen LogP contribution >= 0.6 is 0 Å². The van der Waals surface area contributed by atoms with Gasteiger partial charge < -0.3 is 15.0 Å². The predicted octanol–water partition coefficient (Wildman–Crippen LogP) is 1.08. The summed E-state index contributed by atoms with van der Waals surface area (Å²) in [4.78, 5) is 10.3. The molecule has 0 spiro atoms. The molecule has 2 aromatic rings. The molecule has 0 bridgehead atoms. The van der Waals surface area contributed by atoms with Crippen LogP contribution in [0.3, 0.4) is 0 Å². The molecule has 1 aromatic heterocycles. The zero-order valence-electron chi connectivity index (χ0n) is 10.3. The van der Waals surface area contributed by atoms with E-state index in [1.165, 1.54) is 24.5 Å². The van der Waals surface area contributed by atoms with Crippen molar-refractivity contribution in [2.45, 2.75) is 6.54 Å². The molecule has 2 N–H and O–H groups in total. The summed E-state index contributed by atoms with van der Waals surface area (Å²) in [5.74, 6) is 0.484. The molecule has 1 heterocycles. The Bertz CT molecular complexity index is 596. The van der Waals surface area contributed by atoms with E-state index in [0.29, 0.717) is 30.2 Å². The summed E-state index contributed by atoms with van der Waals surface area (Å²) in [5, 5.41) is 18.5. The number of non-ortho nitro benzene ring substituents is 1. The average molecular weight is 263 g/mol. The monoisotopic (exact) mass is 263 g/mol. The molecule has 0 aliphatic carbocycles. The standard InChI is InChI=1S/C11H13N5O3/c1-19-5-4-15-7-13-14-11(15)9-6-8(16(17)18)2-3-10(9)12/h2-3,6-7H,4-5,12H2,1H3. The minimum absolute atomic E-state index is 0.0366. The lowest BCUT2D eigenvalue weighted by Gasteiger charge is -2.07. The maximum absolute atomic E-state index is 10.8. The largest absolute Gasteiger partial charge is 0.398 e. The molecule has 0 aliphatic heterocycles. The number of nitrogens with zero attached hydrogens (tertiary/aromatic N) is 4. The molecule has 0 saturated carbocycles. The van der Waals surface area contributed by atoms with Crippen LogP contribution in [0.4, 0.5) is 11.4 Å². The van der Waals surface area contributed by atoms with Gasteiger partial charge in [0.15, 0.2) is 5.82 Å². The Hall–Kier alpha value is -2.48. The molecule has 8 nitrogen and oxygen atoms in total. The number of nitrogens with two attached hydrogens (primary N) is 1. The van der Waals surface area contributed by atoms with Gasteiger partial charge in [-0.2, -0.15) is 0 Å². The summed E-state index contributed by atoms with van der Waals surface area (Å²) in [6, 6.07) is 4.24. The summed E-state index contributed by atoms with van der Waals surface area (Å²) in [6.45, 7) is 1.03. The van der Waals surface area contributed by atoms with Crippen LogP contribution in [-0.2, 0) is 11.3 Å². The highest BCUT2D eigenvalue weighted by molar-refractivity contribution is 5.74. The Labute approximate surface area is 109 Å². The number of nitro benzene ring substituents is 1. The van der Waals surface area contributed by atoms with Gasteiger partial charge in [0.1, 0.15) is 6.33 Å². The number of methoxy groups -OCH3 is 1. The van der Waals surface area contributed by atoms with E-state index in [4.69, 9.17) is 10.5 Å². The highest BCUT2D eigenvalue weighted by atomic mass is 16.6. The first kappa shape index (κ1) is 13.0. The molecular formula is C11H13N5O3. The fourth-order valence-electron chi connectivity index (χ4n) is 1.67. The Morgan fingerprint density at radius 1 is 1.53 bits per heavy atom. The maximum Gasteiger partial charge on any atom is 0.270 e. The molecule has 0 aliphatic rings. The minimum Gasteiger partial charge on any atom is -0.398 e. The van der Waals surface area contributed by atoms with Crippen LogP contribution in [0.15, 0.2) is 24.5 Å². The third-order valence-corrected chi connectivity index (χ3v) is 2.64. The molecule has 1 aromatic carbocycles. The van der Waals surface area contributed by atoms with E-state index >= 15 is 0 Å². The number of benzene rings is 1. The molecule has 0 saturated heterocycles. The van der Waals surface area contributed by atoms with Crippen LogP contribution in [0.2, 0.25) is 0 Å². The lowest BCUT2D eigenvalue weighted by Crippen LogP contribution is -2.06. The topological polar surface area (TPSA) is 109 Å². The van der Waals surface area contributed by atoms with E-state index in [-0.39, 0.29) is 5.69 Å². The Kier molecular flexibility index (Phi) is 3.71. The second kappa shape index (κ2) is 5.44. The lowest BCUT2D eigenvalue weighted by atomic mass is 10.1. The quantitative estimate of drug-likeness (QED) is 0.491. The van der Waals surface area contributed by atoms with Gasteiger partial charge in [-0.3, -0.25) is 10.1 Å². The highest BCUT2D eigenvalue weighted by Gasteiger charge is 2.15. The van der Waals surface area contributed by atoms with Crippen LogP contribution < -0.4 is 5.73 Å². The van der Waals surface area contributed by atoms with E-state index < -0.39 is 4.92 Å². The van der Waals surface area contributed by atoms with Crippen molar-refractivity contribution >= 4 is 11.4 Å². The molecule has 0 radical (unpaired) electrons. The van der Waals surface area contributed by atoms with Crippen molar-refractivity contribution in [1.82, 2.24) is 14.8 Å². The summed E-state index contributed by atoms with van der Waals surface area (Å²) < 4.78 is 6.72. The molecule has 0 amide bonds. The number of ether oxygens (including phenoxy) is 1. The van der Waals surface area contributed by atoms with E-state index in [1.807, 2.05) is 0 Å². The van der Waals surface area contributed by atoms with Crippen molar-refractivity contribution in [3.8, 4) is 11.4 Å². The van der Waals surface area contributed by atoms with E-state index in [2.05, 4.69) is 10.2 Å². The smallest absolute Gasteiger partial charge is 0.270 e. The third-order valence-electron chi connectivity index (χ3n) is 2.64. The van der Waals surface area contributed by atoms with Crippen LogP contribution in [0, 0.1) is 10.1 Å². The fraction of sp³-hybridized carbons (Fsp3) is 0.273. The van der Waals surface area contributed by atoms with E-state index in [0.717, 1.165) is 0 Å². The van der Waals surface area contributed by atoms with Gasteiger partial charge in [0.25, 0.3) is 5.69 Å². The van der Waals surface area contributed by atoms with Crippen LogP contribution in [0.5, 0.6) is 0 Å². The van der Waals surface area contributed by atoms with Gasteiger partial charge in [-0.1, -0.05) is 0 Å². The highest BCUT2D eigenvalue weighted by Crippen LogP contribution is 2.28. The normalized spacial score (nSPS) is 10.6. The zero-order chi connectivity index (χ0) is 13.8. The maximum atomic E-state index is 10.8. The van der Waals surface area contributed by atoms with Crippen LogP contribution in [-0.4, -0.2) is 33.4 Å². The summed E-state index contributed by atoms with van der Waals surface area (Å²) in [7, 11) is 1.59. The van der Waals surface area contributed by atoms with Gasteiger partial charge >= 0.3 is 0 Å². The Morgan fingerprint density at radius 2 is 2.32 bits per heavy atom. The predicted molar refractivity (Wildman–Crippen MR) is 68.4 cm³/mol. The molecule has 0 fully saturated rings. The van der Waals surface area contributed by atoms with E-state index in [1.54, 1.807) is 11.7 Å². The average Bonchev–Trinajstić information content (AvgIpc) is 2.84. The van der Waals surface area contributed by atoms with Gasteiger partial charge in [-0.25, -0.2) is 0 Å². The first-order valence-electron chi connectivity index (χ1n) is 5.54. The number of hydrogen-bond donors (Lipinski definition) is 1. The SMILES string of the molecule is COCCn1cnnc1-c1cc([N+](=O)[O-])ccc1N. The number of aromatic nitrogens is 3. The number of hydrogen-bond acceptors (Lipinski definition) is 6. The summed E-state index contributed by atoms with van der Waals surface area (Å²) in [5.41, 5.74) is 6.71. The van der Waals surface area contributed by atoms with Crippen molar-refractivity contribution in [3.63, 3.8) is 0 Å². The Morgan fingerprint density at radius 3 is 3.00 bits per heavy atom. The molecular weight excluding hydrogens is 250 g/mol.